The van der Waals surface area contributed by atoms with E-state index in [0.29, 0.717) is 13.0 Å². The van der Waals surface area contributed by atoms with Gasteiger partial charge in [-0.2, -0.15) is 0 Å². The van der Waals surface area contributed by atoms with E-state index in [0.717, 1.165) is 13.0 Å². The van der Waals surface area contributed by atoms with Crippen molar-refractivity contribution in [2.75, 3.05) is 20.1 Å². The lowest BCUT2D eigenvalue weighted by molar-refractivity contribution is -0.138. The fourth-order valence-corrected chi connectivity index (χ4v) is 3.87. The smallest absolute Gasteiger partial charge is 0.226 e. The van der Waals surface area contributed by atoms with Crippen LogP contribution in [-0.2, 0) is 9.53 Å². The van der Waals surface area contributed by atoms with Crippen molar-refractivity contribution in [3.05, 3.63) is 35.9 Å². The molecule has 3 aliphatic heterocycles. The monoisotopic (exact) mass is 258 g/mol. The summed E-state index contributed by atoms with van der Waals surface area (Å²) in [4.78, 5) is 16.5. The zero-order chi connectivity index (χ0) is 13.0. The summed E-state index contributed by atoms with van der Waals surface area (Å²) < 4.78 is 6.39. The van der Waals surface area contributed by atoms with E-state index < -0.39 is 0 Å². The van der Waals surface area contributed by atoms with Crippen LogP contribution >= 0.6 is 0 Å². The molecule has 0 radical (unpaired) electrons. The highest BCUT2D eigenvalue weighted by Crippen LogP contribution is 2.49. The number of rotatable bonds is 1. The van der Waals surface area contributed by atoms with E-state index in [2.05, 4.69) is 24.1 Å². The Hall–Kier alpha value is -1.39. The second kappa shape index (κ2) is 3.81. The Morgan fingerprint density at radius 3 is 2.89 bits per heavy atom. The van der Waals surface area contributed by atoms with Crippen LogP contribution in [0, 0.1) is 0 Å². The lowest BCUT2D eigenvalue weighted by Gasteiger charge is -2.31. The summed E-state index contributed by atoms with van der Waals surface area (Å²) in [7, 11) is 2.09. The molecular formula is C15H18N2O2. The van der Waals surface area contributed by atoms with Crippen LogP contribution in [0.2, 0.25) is 0 Å². The second-order valence-electron chi connectivity index (χ2n) is 5.82. The van der Waals surface area contributed by atoms with Crippen molar-refractivity contribution in [1.29, 1.82) is 0 Å². The van der Waals surface area contributed by atoms with Gasteiger partial charge >= 0.3 is 0 Å². The van der Waals surface area contributed by atoms with Crippen molar-refractivity contribution in [2.24, 2.45) is 0 Å². The minimum absolute atomic E-state index is 0.0273. The molecule has 4 heteroatoms. The highest BCUT2D eigenvalue weighted by Gasteiger charge is 2.63. The molecule has 3 fully saturated rings. The van der Waals surface area contributed by atoms with Crippen LogP contribution in [0.1, 0.15) is 24.5 Å². The van der Waals surface area contributed by atoms with Crippen LogP contribution < -0.4 is 0 Å². The van der Waals surface area contributed by atoms with Gasteiger partial charge < -0.3 is 9.64 Å². The topological polar surface area (TPSA) is 32.8 Å². The van der Waals surface area contributed by atoms with Crippen molar-refractivity contribution >= 4 is 5.91 Å². The van der Waals surface area contributed by atoms with E-state index in [1.54, 1.807) is 0 Å². The molecule has 3 atom stereocenters. The van der Waals surface area contributed by atoms with Gasteiger partial charge in [0.05, 0.1) is 12.6 Å². The third kappa shape index (κ3) is 1.44. The molecule has 1 spiro atoms. The van der Waals surface area contributed by atoms with Crippen molar-refractivity contribution < 1.29 is 9.53 Å². The van der Waals surface area contributed by atoms with Gasteiger partial charge in [-0.1, -0.05) is 30.3 Å². The molecule has 0 N–H and O–H groups in total. The van der Waals surface area contributed by atoms with E-state index in [1.807, 2.05) is 23.1 Å². The standard InChI is InChI=1S/C15H18N2O2/c1-16-8-7-15-13(16)9-14(18)17(15)10-12(19-15)11-5-3-2-4-6-11/h2-6,12-13H,7-10H2,1H3/t12-,13+,15-/m0/s1. The van der Waals surface area contributed by atoms with Gasteiger partial charge in [0.25, 0.3) is 0 Å². The van der Waals surface area contributed by atoms with Gasteiger partial charge in [-0.3, -0.25) is 9.69 Å². The van der Waals surface area contributed by atoms with Crippen LogP contribution in [0.5, 0.6) is 0 Å². The van der Waals surface area contributed by atoms with Crippen molar-refractivity contribution in [3.8, 4) is 0 Å². The summed E-state index contributed by atoms with van der Waals surface area (Å²) in [6.07, 6.45) is 1.57. The number of hydrogen-bond acceptors (Lipinski definition) is 3. The summed E-state index contributed by atoms with van der Waals surface area (Å²) in [5.74, 6) is 0.245. The normalized spacial score (nSPS) is 37.7. The predicted molar refractivity (Wildman–Crippen MR) is 70.4 cm³/mol. The highest BCUT2D eigenvalue weighted by molar-refractivity contribution is 5.81. The van der Waals surface area contributed by atoms with Gasteiger partial charge in [-0.25, -0.2) is 0 Å². The Labute approximate surface area is 112 Å². The number of amides is 1. The van der Waals surface area contributed by atoms with Gasteiger partial charge in [-0.15, -0.1) is 0 Å². The van der Waals surface area contributed by atoms with Gasteiger partial charge in [-0.05, 0) is 12.6 Å². The Morgan fingerprint density at radius 1 is 1.32 bits per heavy atom. The molecule has 19 heavy (non-hydrogen) atoms. The second-order valence-corrected chi connectivity index (χ2v) is 5.82. The van der Waals surface area contributed by atoms with Gasteiger partial charge in [0.1, 0.15) is 6.10 Å². The summed E-state index contributed by atoms with van der Waals surface area (Å²) >= 11 is 0. The summed E-state index contributed by atoms with van der Waals surface area (Å²) in [5.41, 5.74) is 0.819. The largest absolute Gasteiger partial charge is 0.344 e. The minimum atomic E-state index is -0.355. The molecule has 4 nitrogen and oxygen atoms in total. The third-order valence-electron chi connectivity index (χ3n) is 4.87. The molecule has 100 valence electrons. The van der Waals surface area contributed by atoms with Gasteiger partial charge in [0.15, 0.2) is 5.72 Å². The molecule has 0 unspecified atom stereocenters. The number of ether oxygens (including phenoxy) is 1. The van der Waals surface area contributed by atoms with Crippen LogP contribution in [0.4, 0.5) is 0 Å². The average Bonchev–Trinajstić information content (AvgIpc) is 3.03. The van der Waals surface area contributed by atoms with Crippen LogP contribution in [-0.4, -0.2) is 47.6 Å². The highest BCUT2D eigenvalue weighted by atomic mass is 16.5. The number of carbonyl (C=O) groups is 1. The molecule has 3 saturated heterocycles. The number of likely N-dealkylation sites (N-methyl/N-ethyl adjacent to an activating group) is 1. The van der Waals surface area contributed by atoms with E-state index in [1.165, 1.54) is 5.56 Å². The zero-order valence-electron chi connectivity index (χ0n) is 11.1. The Bertz CT molecular complexity index is 518. The lowest BCUT2D eigenvalue weighted by Crippen LogP contribution is -2.46. The number of nitrogens with zero attached hydrogens (tertiary/aromatic N) is 2. The minimum Gasteiger partial charge on any atom is -0.344 e. The first-order valence-electron chi connectivity index (χ1n) is 6.94. The molecule has 0 bridgehead atoms. The third-order valence-corrected chi connectivity index (χ3v) is 4.87. The molecule has 4 rings (SSSR count). The van der Waals surface area contributed by atoms with Crippen LogP contribution in [0.25, 0.3) is 0 Å². The Morgan fingerprint density at radius 2 is 2.11 bits per heavy atom. The molecule has 0 saturated carbocycles. The quantitative estimate of drug-likeness (QED) is 0.763. The molecule has 1 aromatic carbocycles. The zero-order valence-corrected chi connectivity index (χ0v) is 11.1. The first-order chi connectivity index (χ1) is 9.21. The molecule has 3 aliphatic rings. The van der Waals surface area contributed by atoms with Gasteiger partial charge in [0.2, 0.25) is 5.91 Å². The number of hydrogen-bond donors (Lipinski definition) is 0. The molecule has 1 amide bonds. The number of likely N-dealkylation sites (tertiary alicyclic amines) is 1. The number of carbonyl (C=O) groups excluding carboxylic acids is 1. The molecule has 0 aromatic heterocycles. The van der Waals surface area contributed by atoms with E-state index in [-0.39, 0.29) is 23.8 Å². The van der Waals surface area contributed by atoms with Crippen molar-refractivity contribution in [1.82, 2.24) is 9.80 Å². The summed E-state index contributed by atoms with van der Waals surface area (Å²) in [6, 6.07) is 10.5. The molecular weight excluding hydrogens is 240 g/mol. The van der Waals surface area contributed by atoms with Crippen molar-refractivity contribution in [3.63, 3.8) is 0 Å². The predicted octanol–water partition coefficient (Wildman–Crippen LogP) is 1.39. The maximum absolute atomic E-state index is 12.2. The first kappa shape index (κ1) is 11.4. The lowest BCUT2D eigenvalue weighted by atomic mass is 10.1. The maximum atomic E-state index is 12.2. The SMILES string of the molecule is CN1CC[C@@]23O[C@H](c4ccccc4)CN2C(=O)C[C@@H]13. The maximum Gasteiger partial charge on any atom is 0.226 e. The van der Waals surface area contributed by atoms with Gasteiger partial charge in [0, 0.05) is 19.4 Å². The van der Waals surface area contributed by atoms with Crippen LogP contribution in [0.3, 0.4) is 0 Å². The van der Waals surface area contributed by atoms with Crippen molar-refractivity contribution in [2.45, 2.75) is 30.7 Å². The van der Waals surface area contributed by atoms with E-state index in [9.17, 15) is 4.79 Å². The Kier molecular flexibility index (Phi) is 2.29. The average molecular weight is 258 g/mol. The Balaban J connectivity index is 1.68. The fraction of sp³-hybridized carbons (Fsp3) is 0.533. The first-order valence-corrected chi connectivity index (χ1v) is 6.94. The number of benzene rings is 1. The summed E-state index contributed by atoms with van der Waals surface area (Å²) in [5, 5.41) is 0. The van der Waals surface area contributed by atoms with E-state index >= 15 is 0 Å². The summed E-state index contributed by atoms with van der Waals surface area (Å²) in [6.45, 7) is 1.71. The molecule has 0 aliphatic carbocycles. The molecule has 3 heterocycles. The van der Waals surface area contributed by atoms with E-state index in [4.69, 9.17) is 4.74 Å². The van der Waals surface area contributed by atoms with Crippen LogP contribution in [0.15, 0.2) is 30.3 Å². The molecule has 1 aromatic rings. The fourth-order valence-electron chi connectivity index (χ4n) is 3.87.